The van der Waals surface area contributed by atoms with E-state index in [1.54, 1.807) is 29.7 Å². The van der Waals surface area contributed by atoms with Crippen LogP contribution in [0.15, 0.2) is 47.3 Å². The smallest absolute Gasteiger partial charge is 0.291 e. The number of pyridine rings is 1. The fourth-order valence-electron chi connectivity index (χ4n) is 4.98. The van der Waals surface area contributed by atoms with Crippen LogP contribution >= 0.6 is 11.3 Å². The van der Waals surface area contributed by atoms with Gasteiger partial charge in [0.25, 0.3) is 5.91 Å². The average Bonchev–Trinajstić information content (AvgIpc) is 3.50. The molecule has 3 aromatic rings. The number of anilines is 1. The molecule has 4 heterocycles. The number of piperazine rings is 1. The molecule has 3 aromatic heterocycles. The number of furan rings is 1. The predicted octanol–water partition coefficient (Wildman–Crippen LogP) is 4.59. The van der Waals surface area contributed by atoms with Crippen LogP contribution in [0.3, 0.4) is 0 Å². The molecular weight excluding hydrogens is 420 g/mol. The van der Waals surface area contributed by atoms with Crippen LogP contribution < -0.4 is 5.32 Å². The maximum atomic E-state index is 12.9. The summed E-state index contributed by atoms with van der Waals surface area (Å²) in [5.74, 6) is 0.160. The molecular formula is C25H30N4O2S. The van der Waals surface area contributed by atoms with Crippen molar-refractivity contribution < 1.29 is 9.21 Å². The maximum absolute atomic E-state index is 12.9. The van der Waals surface area contributed by atoms with Gasteiger partial charge in [0.15, 0.2) is 5.76 Å². The number of aromatic nitrogens is 1. The summed E-state index contributed by atoms with van der Waals surface area (Å²) in [6.07, 6.45) is 9.94. The zero-order chi connectivity index (χ0) is 21.9. The zero-order valence-electron chi connectivity index (χ0n) is 18.5. The van der Waals surface area contributed by atoms with Gasteiger partial charge in [0.1, 0.15) is 5.00 Å². The van der Waals surface area contributed by atoms with E-state index in [9.17, 15) is 4.79 Å². The molecule has 1 N–H and O–H groups in total. The Kier molecular flexibility index (Phi) is 6.39. The monoisotopic (exact) mass is 450 g/mol. The molecule has 1 amide bonds. The lowest BCUT2D eigenvalue weighted by atomic mass is 9.89. The molecule has 0 spiro atoms. The van der Waals surface area contributed by atoms with Crippen LogP contribution in [0.5, 0.6) is 0 Å². The van der Waals surface area contributed by atoms with E-state index in [0.29, 0.717) is 5.76 Å². The number of likely N-dealkylation sites (N-methyl/N-ethyl adjacent to an activating group) is 1. The van der Waals surface area contributed by atoms with Gasteiger partial charge < -0.3 is 14.6 Å². The molecule has 1 fully saturated rings. The number of carbonyl (C=O) groups is 1. The van der Waals surface area contributed by atoms with Gasteiger partial charge in [0.05, 0.1) is 12.3 Å². The highest BCUT2D eigenvalue weighted by Gasteiger charge is 2.33. The van der Waals surface area contributed by atoms with Crippen molar-refractivity contribution in [1.82, 2.24) is 14.8 Å². The molecule has 1 saturated heterocycles. The highest BCUT2D eigenvalue weighted by Crippen LogP contribution is 2.45. The van der Waals surface area contributed by atoms with Crippen LogP contribution in [0.2, 0.25) is 0 Å². The van der Waals surface area contributed by atoms with Crippen molar-refractivity contribution in [3.05, 3.63) is 70.3 Å². The number of amides is 1. The summed E-state index contributed by atoms with van der Waals surface area (Å²) in [7, 11) is 0. The van der Waals surface area contributed by atoms with Crippen LogP contribution in [-0.4, -0.2) is 53.4 Å². The molecule has 1 aliphatic heterocycles. The Morgan fingerprint density at radius 3 is 2.75 bits per heavy atom. The van der Waals surface area contributed by atoms with Crippen LogP contribution in [0, 0.1) is 0 Å². The normalized spacial score (nSPS) is 18.3. The second-order valence-electron chi connectivity index (χ2n) is 8.54. The Hall–Kier alpha value is -2.48. The van der Waals surface area contributed by atoms with Crippen LogP contribution in [0.25, 0.3) is 0 Å². The third-order valence-corrected chi connectivity index (χ3v) is 7.90. The van der Waals surface area contributed by atoms with Gasteiger partial charge >= 0.3 is 0 Å². The minimum absolute atomic E-state index is 0.0905. The summed E-state index contributed by atoms with van der Waals surface area (Å²) in [6.45, 7) is 7.45. The number of aryl methyl sites for hydroxylation is 1. The van der Waals surface area contributed by atoms with Crippen molar-refractivity contribution in [2.75, 3.05) is 38.0 Å². The van der Waals surface area contributed by atoms with Crippen LogP contribution in [0.1, 0.15) is 57.9 Å². The number of hydrogen-bond acceptors (Lipinski definition) is 6. The molecule has 0 radical (unpaired) electrons. The zero-order valence-corrected chi connectivity index (χ0v) is 19.4. The predicted molar refractivity (Wildman–Crippen MR) is 127 cm³/mol. The molecule has 168 valence electrons. The lowest BCUT2D eigenvalue weighted by molar-refractivity contribution is 0.0995. The SMILES string of the molecule is CCN1CCN([C@H](c2cccnc2)c2c(NC(=O)c3ccco3)sc3c2CCCC3)CC1. The van der Waals surface area contributed by atoms with E-state index >= 15 is 0 Å². The highest BCUT2D eigenvalue weighted by atomic mass is 32.1. The molecule has 32 heavy (non-hydrogen) atoms. The first-order chi connectivity index (χ1) is 15.7. The number of rotatable bonds is 6. The number of thiophene rings is 1. The number of hydrogen-bond donors (Lipinski definition) is 1. The molecule has 0 bridgehead atoms. The van der Waals surface area contributed by atoms with E-state index in [1.807, 2.05) is 18.5 Å². The lowest BCUT2D eigenvalue weighted by Crippen LogP contribution is -2.47. The van der Waals surface area contributed by atoms with E-state index < -0.39 is 0 Å². The average molecular weight is 451 g/mol. The second kappa shape index (κ2) is 9.57. The largest absolute Gasteiger partial charge is 0.459 e. The Balaban J connectivity index is 1.57. The quantitative estimate of drug-likeness (QED) is 0.595. The summed E-state index contributed by atoms with van der Waals surface area (Å²) >= 11 is 1.75. The highest BCUT2D eigenvalue weighted by molar-refractivity contribution is 7.16. The Bertz CT molecular complexity index is 1040. The maximum Gasteiger partial charge on any atom is 0.291 e. The molecule has 2 aliphatic rings. The summed E-state index contributed by atoms with van der Waals surface area (Å²) in [6, 6.07) is 7.75. The van der Waals surface area contributed by atoms with Gasteiger partial charge in [-0.1, -0.05) is 13.0 Å². The molecule has 7 heteroatoms. The third-order valence-electron chi connectivity index (χ3n) is 6.68. The van der Waals surface area contributed by atoms with Gasteiger partial charge in [-0.25, -0.2) is 0 Å². The minimum Gasteiger partial charge on any atom is -0.459 e. The van der Waals surface area contributed by atoms with E-state index in [2.05, 4.69) is 33.1 Å². The Morgan fingerprint density at radius 2 is 2.03 bits per heavy atom. The Morgan fingerprint density at radius 1 is 1.19 bits per heavy atom. The van der Waals surface area contributed by atoms with Crippen molar-refractivity contribution in [1.29, 1.82) is 0 Å². The first-order valence-corrected chi connectivity index (χ1v) is 12.4. The summed E-state index contributed by atoms with van der Waals surface area (Å²) in [5.41, 5.74) is 3.89. The minimum atomic E-state index is -0.185. The van der Waals surface area contributed by atoms with Gasteiger partial charge in [-0.3, -0.25) is 14.7 Å². The van der Waals surface area contributed by atoms with Crippen molar-refractivity contribution in [3.63, 3.8) is 0 Å². The standard InChI is InChI=1S/C25H30N4O2S/c1-2-28-12-14-29(15-13-28)23(18-7-5-11-26-17-18)22-19-8-3-4-10-21(19)32-25(22)27-24(30)20-9-6-16-31-20/h5-7,9,11,16-17,23H,2-4,8,10,12-15H2,1H3,(H,27,30)/t23-/m1/s1. The van der Waals surface area contributed by atoms with E-state index in [4.69, 9.17) is 4.42 Å². The summed E-state index contributed by atoms with van der Waals surface area (Å²) < 4.78 is 5.36. The molecule has 0 aromatic carbocycles. The van der Waals surface area contributed by atoms with E-state index in [1.165, 1.54) is 34.4 Å². The Labute approximate surface area is 193 Å². The van der Waals surface area contributed by atoms with Crippen LogP contribution in [0.4, 0.5) is 5.00 Å². The van der Waals surface area contributed by atoms with E-state index in [-0.39, 0.29) is 11.9 Å². The number of fused-ring (bicyclic) bond motifs is 1. The molecule has 1 aliphatic carbocycles. The van der Waals surface area contributed by atoms with Gasteiger partial charge in [-0.15, -0.1) is 11.3 Å². The van der Waals surface area contributed by atoms with Gasteiger partial charge in [-0.05, 0) is 61.6 Å². The molecule has 6 nitrogen and oxygen atoms in total. The summed E-state index contributed by atoms with van der Waals surface area (Å²) in [5, 5.41) is 4.17. The van der Waals surface area contributed by atoms with Gasteiger partial charge in [-0.2, -0.15) is 0 Å². The van der Waals surface area contributed by atoms with Crippen LogP contribution in [-0.2, 0) is 12.8 Å². The second-order valence-corrected chi connectivity index (χ2v) is 9.65. The van der Waals surface area contributed by atoms with Crippen molar-refractivity contribution in [2.24, 2.45) is 0 Å². The first kappa shape index (κ1) is 21.4. The van der Waals surface area contributed by atoms with E-state index in [0.717, 1.165) is 50.6 Å². The topological polar surface area (TPSA) is 61.6 Å². The number of carbonyl (C=O) groups excluding carboxylic acids is 1. The number of nitrogens with zero attached hydrogens (tertiary/aromatic N) is 3. The third kappa shape index (κ3) is 4.25. The fourth-order valence-corrected chi connectivity index (χ4v) is 6.30. The van der Waals surface area contributed by atoms with Crippen molar-refractivity contribution in [3.8, 4) is 0 Å². The summed E-state index contributed by atoms with van der Waals surface area (Å²) in [4.78, 5) is 23.9. The van der Waals surface area contributed by atoms with Crippen molar-refractivity contribution >= 4 is 22.2 Å². The molecule has 0 unspecified atom stereocenters. The van der Waals surface area contributed by atoms with Crippen molar-refractivity contribution in [2.45, 2.75) is 38.6 Å². The lowest BCUT2D eigenvalue weighted by Gasteiger charge is -2.40. The molecule has 1 atom stereocenters. The first-order valence-electron chi connectivity index (χ1n) is 11.6. The van der Waals surface area contributed by atoms with Gasteiger partial charge in [0, 0.05) is 49.0 Å². The fraction of sp³-hybridized carbons (Fsp3) is 0.440. The number of nitrogens with one attached hydrogen (secondary N) is 1. The molecule has 5 rings (SSSR count). The van der Waals surface area contributed by atoms with Gasteiger partial charge in [0.2, 0.25) is 0 Å². The molecule has 0 saturated carbocycles.